The molecule has 1 fully saturated rings. The van der Waals surface area contributed by atoms with Gasteiger partial charge in [-0.1, -0.05) is 0 Å². The maximum Gasteiger partial charge on any atom is 0.265 e. The number of hydrogen-bond acceptors (Lipinski definition) is 11. The number of halogens is 4. The number of rotatable bonds is 11. The first-order valence-corrected chi connectivity index (χ1v) is 13.8. The lowest BCUT2D eigenvalue weighted by atomic mass is 9.84. The molecule has 1 aromatic carbocycles. The van der Waals surface area contributed by atoms with Gasteiger partial charge in [0, 0.05) is 31.3 Å². The number of imidazole rings is 1. The number of nitrogens with zero attached hydrogens (tertiary/aromatic N) is 6. The van der Waals surface area contributed by atoms with Gasteiger partial charge in [0.25, 0.3) is 6.43 Å². The highest BCUT2D eigenvalue weighted by Gasteiger charge is 2.43. The molecule has 0 aliphatic carbocycles. The third-order valence-electron chi connectivity index (χ3n) is 7.67. The van der Waals surface area contributed by atoms with Crippen LogP contribution in [0.15, 0.2) is 37.1 Å². The molecular weight excluding hydrogens is 588 g/mol. The van der Waals surface area contributed by atoms with Gasteiger partial charge in [0.15, 0.2) is 23.0 Å². The standard InChI is InChI=1S/C28H32F4N8O4/c1-44-22-7-18(29)17(6-19(22)30)20-5-15(21(9-34-20)39-4-2-3-28(33,12-39)24(43)25(31)32)10-40-14-38-23-26(35-8-16(42)11-41)36-13-37-27(23)40/h5-7,9,13-14,16,24-25,41-43H,2-4,8,10-12,33H2,1H3,(H,35,36,37)/t16-,24-,28-/m1/s1. The van der Waals surface area contributed by atoms with Crippen molar-refractivity contribution in [3.8, 4) is 17.0 Å². The molecule has 44 heavy (non-hydrogen) atoms. The number of ether oxygens (including phenoxy) is 1. The Hall–Kier alpha value is -4.12. The van der Waals surface area contributed by atoms with Crippen LogP contribution in [0.2, 0.25) is 0 Å². The van der Waals surface area contributed by atoms with Crippen molar-refractivity contribution in [2.24, 2.45) is 5.73 Å². The van der Waals surface area contributed by atoms with E-state index in [0.717, 1.165) is 12.1 Å². The Morgan fingerprint density at radius 1 is 1.11 bits per heavy atom. The van der Waals surface area contributed by atoms with E-state index < -0.39 is 42.4 Å². The number of nitrogens with one attached hydrogen (secondary N) is 1. The Morgan fingerprint density at radius 3 is 2.64 bits per heavy atom. The van der Waals surface area contributed by atoms with E-state index in [9.17, 15) is 23.4 Å². The van der Waals surface area contributed by atoms with Crippen molar-refractivity contribution in [3.05, 3.63) is 54.2 Å². The molecule has 0 unspecified atom stereocenters. The molecule has 0 saturated carbocycles. The number of hydrogen-bond donors (Lipinski definition) is 5. The molecule has 1 aliphatic rings. The number of aliphatic hydroxyl groups excluding tert-OH is 3. The molecule has 0 amide bonds. The monoisotopic (exact) mass is 620 g/mol. The van der Waals surface area contributed by atoms with E-state index in [-0.39, 0.29) is 43.1 Å². The molecule has 16 heteroatoms. The zero-order valence-corrected chi connectivity index (χ0v) is 23.7. The fourth-order valence-electron chi connectivity index (χ4n) is 5.33. The second kappa shape index (κ2) is 12.9. The van der Waals surface area contributed by atoms with Gasteiger partial charge in [0.05, 0.1) is 55.8 Å². The minimum atomic E-state index is -3.04. The molecule has 5 rings (SSSR count). The maximum atomic E-state index is 15.1. The fraction of sp³-hybridized carbons (Fsp3) is 0.429. The summed E-state index contributed by atoms with van der Waals surface area (Å²) in [6.45, 7) is -0.0362. The zero-order chi connectivity index (χ0) is 31.6. The number of fused-ring (bicyclic) bond motifs is 1. The number of methoxy groups -OCH3 is 1. The lowest BCUT2D eigenvalue weighted by Gasteiger charge is -2.44. The van der Waals surface area contributed by atoms with Gasteiger partial charge in [-0.2, -0.15) is 0 Å². The average Bonchev–Trinajstić information content (AvgIpc) is 3.43. The Morgan fingerprint density at radius 2 is 1.91 bits per heavy atom. The van der Waals surface area contributed by atoms with Gasteiger partial charge in [-0.15, -0.1) is 0 Å². The molecule has 0 radical (unpaired) electrons. The quantitative estimate of drug-likeness (QED) is 0.155. The summed E-state index contributed by atoms with van der Waals surface area (Å²) in [4.78, 5) is 19.0. The number of nitrogens with two attached hydrogens (primary N) is 1. The average molecular weight is 621 g/mol. The van der Waals surface area contributed by atoms with E-state index in [1.54, 1.807) is 15.5 Å². The van der Waals surface area contributed by atoms with Crippen molar-refractivity contribution < 1.29 is 37.6 Å². The predicted octanol–water partition coefficient (Wildman–Crippen LogP) is 1.91. The van der Waals surface area contributed by atoms with Crippen molar-refractivity contribution in [3.63, 3.8) is 0 Å². The van der Waals surface area contributed by atoms with Gasteiger partial charge < -0.3 is 40.6 Å². The van der Waals surface area contributed by atoms with Crippen molar-refractivity contribution >= 4 is 22.7 Å². The molecule has 6 N–H and O–H groups in total. The molecular formula is C28H32F4N8O4. The lowest BCUT2D eigenvalue weighted by Crippen LogP contribution is -2.63. The van der Waals surface area contributed by atoms with Gasteiger partial charge in [-0.25, -0.2) is 32.5 Å². The minimum Gasteiger partial charge on any atom is -0.494 e. The molecule has 236 valence electrons. The van der Waals surface area contributed by atoms with Crippen LogP contribution in [0.4, 0.5) is 29.1 Å². The highest BCUT2D eigenvalue weighted by atomic mass is 19.3. The van der Waals surface area contributed by atoms with Crippen LogP contribution in [0.3, 0.4) is 0 Å². The summed E-state index contributed by atoms with van der Waals surface area (Å²) >= 11 is 0. The summed E-state index contributed by atoms with van der Waals surface area (Å²) in [6.07, 6.45) is -1.30. The smallest absolute Gasteiger partial charge is 0.265 e. The molecule has 4 aromatic rings. The van der Waals surface area contributed by atoms with Crippen LogP contribution < -0.4 is 20.7 Å². The number of aromatic nitrogens is 5. The van der Waals surface area contributed by atoms with Crippen molar-refractivity contribution in [1.29, 1.82) is 0 Å². The van der Waals surface area contributed by atoms with E-state index in [2.05, 4.69) is 25.3 Å². The Bertz CT molecular complexity index is 1630. The van der Waals surface area contributed by atoms with E-state index in [0.29, 0.717) is 41.2 Å². The summed E-state index contributed by atoms with van der Waals surface area (Å²) in [6, 6.07) is 3.45. The van der Waals surface area contributed by atoms with Crippen LogP contribution in [-0.2, 0) is 6.54 Å². The Labute approximate surface area is 249 Å². The lowest BCUT2D eigenvalue weighted by molar-refractivity contribution is -0.0529. The molecule has 4 heterocycles. The SMILES string of the molecule is COc1cc(F)c(-c2cc(Cn3cnc4c(NC[C@@H](O)CO)ncnc43)c(N3CCC[C@](N)([C@H](O)C(F)F)C3)cn2)cc1F. The van der Waals surface area contributed by atoms with Crippen LogP contribution in [-0.4, -0.2) is 97.3 Å². The van der Waals surface area contributed by atoms with Crippen molar-refractivity contribution in [2.75, 3.05) is 43.6 Å². The van der Waals surface area contributed by atoms with Gasteiger partial charge in [0.2, 0.25) is 0 Å². The number of anilines is 2. The summed E-state index contributed by atoms with van der Waals surface area (Å²) in [7, 11) is 1.22. The normalized spacial score (nSPS) is 18.5. The highest BCUT2D eigenvalue weighted by Crippen LogP contribution is 2.35. The summed E-state index contributed by atoms with van der Waals surface area (Å²) in [5.74, 6) is -1.51. The maximum absolute atomic E-state index is 15.1. The third-order valence-corrected chi connectivity index (χ3v) is 7.67. The van der Waals surface area contributed by atoms with Gasteiger partial charge in [0.1, 0.15) is 23.8 Å². The topological polar surface area (TPSA) is 168 Å². The zero-order valence-electron chi connectivity index (χ0n) is 23.7. The first kappa shape index (κ1) is 31.3. The summed E-state index contributed by atoms with van der Waals surface area (Å²) < 4.78 is 63.2. The molecule has 1 saturated heterocycles. The predicted molar refractivity (Wildman–Crippen MR) is 153 cm³/mol. The van der Waals surface area contributed by atoms with Crippen molar-refractivity contribution in [1.82, 2.24) is 24.5 Å². The van der Waals surface area contributed by atoms with E-state index in [1.165, 1.54) is 26.0 Å². The first-order chi connectivity index (χ1) is 21.0. The third kappa shape index (κ3) is 6.24. The van der Waals surface area contributed by atoms with Gasteiger partial charge in [-0.3, -0.25) is 4.98 Å². The van der Waals surface area contributed by atoms with Gasteiger partial charge >= 0.3 is 0 Å². The van der Waals surface area contributed by atoms with E-state index >= 15 is 4.39 Å². The van der Waals surface area contributed by atoms with Crippen LogP contribution in [0.25, 0.3) is 22.4 Å². The molecule has 3 atom stereocenters. The van der Waals surface area contributed by atoms with Crippen molar-refractivity contribution in [2.45, 2.75) is 43.6 Å². The number of pyridine rings is 1. The largest absolute Gasteiger partial charge is 0.494 e. The Balaban J connectivity index is 1.56. The van der Waals surface area contributed by atoms with E-state index in [4.69, 9.17) is 15.6 Å². The number of benzene rings is 1. The number of piperidine rings is 1. The second-order valence-corrected chi connectivity index (χ2v) is 10.7. The molecule has 0 bridgehead atoms. The summed E-state index contributed by atoms with van der Waals surface area (Å²) in [5, 5.41) is 32.0. The highest BCUT2D eigenvalue weighted by molar-refractivity contribution is 5.82. The molecule has 3 aromatic heterocycles. The van der Waals surface area contributed by atoms with Crippen LogP contribution in [0, 0.1) is 11.6 Å². The van der Waals surface area contributed by atoms with E-state index in [1.807, 2.05) is 0 Å². The molecule has 0 spiro atoms. The fourth-order valence-corrected chi connectivity index (χ4v) is 5.33. The molecule has 12 nitrogen and oxygen atoms in total. The van der Waals surface area contributed by atoms with Gasteiger partial charge in [-0.05, 0) is 30.5 Å². The first-order valence-electron chi connectivity index (χ1n) is 13.8. The second-order valence-electron chi connectivity index (χ2n) is 10.7. The minimum absolute atomic E-state index is 0.0115. The van der Waals surface area contributed by atoms with Crippen LogP contribution in [0.1, 0.15) is 18.4 Å². The summed E-state index contributed by atoms with van der Waals surface area (Å²) in [5.41, 5.74) is 6.45. The van der Waals surface area contributed by atoms with Crippen LogP contribution in [0.5, 0.6) is 5.75 Å². The number of alkyl halides is 2. The Kier molecular flexibility index (Phi) is 9.15. The number of aliphatic hydroxyl groups is 3. The van der Waals surface area contributed by atoms with Crippen LogP contribution >= 0.6 is 0 Å². The molecule has 1 aliphatic heterocycles.